The van der Waals surface area contributed by atoms with E-state index in [2.05, 4.69) is 35.1 Å². The third kappa shape index (κ3) is 3.66. The molecule has 5 N–H and O–H groups in total. The average molecular weight is 423 g/mol. The molecule has 0 aliphatic heterocycles. The molecule has 0 atom stereocenters. The molecule has 154 valence electrons. The van der Waals surface area contributed by atoms with E-state index >= 15 is 0 Å². The fourth-order valence-corrected chi connectivity index (χ4v) is 3.83. The molecule has 0 unspecified atom stereocenters. The number of rotatable bonds is 3. The lowest BCUT2D eigenvalue weighted by molar-refractivity contribution is -0.191. The van der Waals surface area contributed by atoms with Gasteiger partial charge in [-0.1, -0.05) is 25.2 Å². The van der Waals surface area contributed by atoms with Gasteiger partial charge in [0.1, 0.15) is 16.1 Å². The Morgan fingerprint density at radius 3 is 2.40 bits per heavy atom. The maximum atomic E-state index is 10.4. The number of phenolic OH excluding ortho intramolecular Hbond substituents is 2. The molecule has 4 rings (SSSR count). The van der Waals surface area contributed by atoms with Gasteiger partial charge in [-0.15, -0.1) is 0 Å². The summed E-state index contributed by atoms with van der Waals surface area (Å²) in [5.74, 6) is 0.0974. The lowest BCUT2D eigenvalue weighted by atomic mass is 9.97. The van der Waals surface area contributed by atoms with Gasteiger partial charge < -0.3 is 15.2 Å². The third-order valence-electron chi connectivity index (χ3n) is 5.22. The van der Waals surface area contributed by atoms with Crippen molar-refractivity contribution in [2.75, 3.05) is 0 Å². The van der Waals surface area contributed by atoms with Crippen molar-refractivity contribution in [1.82, 2.24) is 15.2 Å². The van der Waals surface area contributed by atoms with E-state index in [0.717, 1.165) is 33.3 Å². The first-order valence-electron chi connectivity index (χ1n) is 9.26. The van der Waals surface area contributed by atoms with Crippen LogP contribution in [0.5, 0.6) is 11.5 Å². The molecule has 30 heavy (non-hydrogen) atoms. The molecule has 0 spiro atoms. The Morgan fingerprint density at radius 1 is 1.03 bits per heavy atom. The summed E-state index contributed by atoms with van der Waals surface area (Å²) in [4.78, 5) is 19.6. The van der Waals surface area contributed by atoms with Crippen molar-refractivity contribution in [3.05, 3.63) is 51.8 Å². The topological polar surface area (TPSA) is 122 Å². The summed E-state index contributed by atoms with van der Waals surface area (Å²) < 4.78 is 0.569. The van der Waals surface area contributed by atoms with Gasteiger partial charge in [-0.3, -0.25) is 10.2 Å². The summed E-state index contributed by atoms with van der Waals surface area (Å²) in [5.41, 5.74) is 7.31. The van der Waals surface area contributed by atoms with Crippen molar-refractivity contribution in [3.63, 3.8) is 0 Å². The number of carbonyl (C=O) groups excluding carboxylic acids is 2. The number of fused-ring (bicyclic) bond motifs is 1. The molecule has 0 fully saturated rings. The molecule has 0 aliphatic carbocycles. The average Bonchev–Trinajstić information content (AvgIpc) is 3.22. The van der Waals surface area contributed by atoms with E-state index in [0.29, 0.717) is 22.3 Å². The van der Waals surface area contributed by atoms with E-state index in [1.807, 2.05) is 19.1 Å². The minimum Gasteiger partial charge on any atom is -0.508 e. The van der Waals surface area contributed by atoms with Crippen molar-refractivity contribution in [1.29, 1.82) is 0 Å². The number of hydrogen-bond acceptors (Lipinski definition) is 5. The fourth-order valence-electron chi connectivity index (χ4n) is 3.56. The number of aryl methyl sites for hydroxylation is 3. The number of phenols is 2. The monoisotopic (exact) mass is 423 g/mol. The Morgan fingerprint density at radius 2 is 1.73 bits per heavy atom. The minimum absolute atomic E-state index is 0.00551. The number of aromatic amines is 3. The van der Waals surface area contributed by atoms with E-state index in [4.69, 9.17) is 21.8 Å². The second-order valence-corrected chi connectivity index (χ2v) is 7.31. The molecule has 0 saturated heterocycles. The van der Waals surface area contributed by atoms with Crippen LogP contribution in [-0.2, 0) is 16.0 Å². The van der Waals surface area contributed by atoms with Crippen LogP contribution in [0.15, 0.2) is 30.3 Å². The van der Waals surface area contributed by atoms with Crippen LogP contribution in [-0.4, -0.2) is 31.5 Å². The van der Waals surface area contributed by atoms with Gasteiger partial charge in [0, 0.05) is 33.8 Å². The Balaban J connectivity index is 0.000000806. The molecule has 7 nitrogen and oxygen atoms in total. The first kappa shape index (κ1) is 21.1. The summed E-state index contributed by atoms with van der Waals surface area (Å²) >= 11 is 5.52. The van der Waals surface area contributed by atoms with Crippen LogP contribution in [0.2, 0.25) is 0 Å². The molecule has 0 amide bonds. The van der Waals surface area contributed by atoms with Crippen LogP contribution in [0.4, 0.5) is 0 Å². The molecular weight excluding hydrogens is 402 g/mol. The highest BCUT2D eigenvalue weighted by atomic mass is 32.1. The number of hydrogen-bond donors (Lipinski definition) is 5. The normalized spacial score (nSPS) is 10.5. The minimum atomic E-state index is 0.00551. The molecule has 4 aromatic rings. The first-order chi connectivity index (χ1) is 14.3. The van der Waals surface area contributed by atoms with Crippen molar-refractivity contribution in [2.24, 2.45) is 0 Å². The Bertz CT molecular complexity index is 1320. The Hall–Kier alpha value is -3.61. The molecule has 0 saturated carbocycles. The largest absolute Gasteiger partial charge is 0.508 e. The lowest BCUT2D eigenvalue weighted by Crippen LogP contribution is -1.89. The summed E-state index contributed by atoms with van der Waals surface area (Å²) in [6, 6.07) is 9.36. The fraction of sp³-hybridized carbons (Fsp3) is 0.182. The molecular formula is C22H21N3O4S. The van der Waals surface area contributed by atoms with Crippen LogP contribution in [0.3, 0.4) is 0 Å². The first-order valence-corrected chi connectivity index (χ1v) is 9.67. The van der Waals surface area contributed by atoms with Crippen molar-refractivity contribution in [2.45, 2.75) is 27.2 Å². The van der Waals surface area contributed by atoms with E-state index < -0.39 is 0 Å². The molecule has 0 radical (unpaired) electrons. The summed E-state index contributed by atoms with van der Waals surface area (Å²) in [5, 5.41) is 27.7. The molecule has 0 aliphatic rings. The van der Waals surface area contributed by atoms with E-state index in [-0.39, 0.29) is 17.7 Å². The standard InChI is InChI=1S/C21H21N3O2S.CO2/c1-4-12-7-15(18(26)9-17(12)25)20-19(21(27)24-23-20)13-5-6-16-14(8-13)10(2)11(3)22-16;2-1-3/h5-9,22,25-26H,4H2,1-3H3,(H2,23,24,27);. The van der Waals surface area contributed by atoms with Gasteiger partial charge >= 0.3 is 6.15 Å². The highest BCUT2D eigenvalue weighted by molar-refractivity contribution is 7.71. The van der Waals surface area contributed by atoms with Crippen molar-refractivity contribution in [3.8, 4) is 33.9 Å². The molecule has 2 aromatic carbocycles. The summed E-state index contributed by atoms with van der Waals surface area (Å²) in [6.07, 6.45) is 0.910. The molecule has 2 aromatic heterocycles. The number of nitrogens with one attached hydrogen (secondary N) is 3. The molecule has 2 heterocycles. The zero-order valence-electron chi connectivity index (χ0n) is 16.7. The van der Waals surface area contributed by atoms with E-state index in [1.165, 1.54) is 11.6 Å². The maximum Gasteiger partial charge on any atom is 0.373 e. The third-order valence-corrected chi connectivity index (χ3v) is 5.53. The Kier molecular flexibility index (Phi) is 5.91. The predicted octanol–water partition coefficient (Wildman–Crippen LogP) is 4.89. The van der Waals surface area contributed by atoms with Gasteiger partial charge in [0.15, 0.2) is 0 Å². The quantitative estimate of drug-likeness (QED) is 0.300. The summed E-state index contributed by atoms with van der Waals surface area (Å²) in [7, 11) is 0. The van der Waals surface area contributed by atoms with Gasteiger partial charge in [0.05, 0.1) is 5.69 Å². The van der Waals surface area contributed by atoms with Gasteiger partial charge in [0.25, 0.3) is 0 Å². The second kappa shape index (κ2) is 8.41. The maximum absolute atomic E-state index is 10.4. The van der Waals surface area contributed by atoms with Gasteiger partial charge in [-0.2, -0.15) is 9.59 Å². The molecule has 8 heteroatoms. The van der Waals surface area contributed by atoms with Gasteiger partial charge in [-0.05, 0) is 55.2 Å². The number of benzene rings is 2. The zero-order chi connectivity index (χ0) is 22.0. The van der Waals surface area contributed by atoms with Crippen molar-refractivity contribution < 1.29 is 19.8 Å². The second-order valence-electron chi connectivity index (χ2n) is 6.90. The van der Waals surface area contributed by atoms with Crippen LogP contribution in [0, 0.1) is 18.5 Å². The van der Waals surface area contributed by atoms with Crippen LogP contribution in [0.25, 0.3) is 33.3 Å². The van der Waals surface area contributed by atoms with Crippen LogP contribution >= 0.6 is 12.2 Å². The Labute approximate surface area is 177 Å². The SMILES string of the molecule is CCc1cc(-c2[nH][nH]c(=S)c2-c2ccc3[nH]c(C)c(C)c3c2)c(O)cc1O.O=C=O. The summed E-state index contributed by atoms with van der Waals surface area (Å²) in [6.45, 7) is 6.11. The van der Waals surface area contributed by atoms with E-state index in [1.54, 1.807) is 6.07 Å². The lowest BCUT2D eigenvalue weighted by Gasteiger charge is -2.10. The van der Waals surface area contributed by atoms with Crippen molar-refractivity contribution >= 4 is 29.3 Å². The number of aromatic nitrogens is 3. The highest BCUT2D eigenvalue weighted by Gasteiger charge is 2.18. The molecule has 0 bridgehead atoms. The predicted molar refractivity (Wildman–Crippen MR) is 116 cm³/mol. The van der Waals surface area contributed by atoms with Gasteiger partial charge in [0.2, 0.25) is 0 Å². The smallest absolute Gasteiger partial charge is 0.373 e. The number of aromatic hydroxyl groups is 2. The zero-order valence-corrected chi connectivity index (χ0v) is 17.5. The highest BCUT2D eigenvalue weighted by Crippen LogP contribution is 2.40. The van der Waals surface area contributed by atoms with Crippen LogP contribution in [0.1, 0.15) is 23.7 Å². The van der Waals surface area contributed by atoms with Crippen LogP contribution < -0.4 is 0 Å². The van der Waals surface area contributed by atoms with Gasteiger partial charge in [-0.25, -0.2) is 0 Å². The number of H-pyrrole nitrogens is 3. The van der Waals surface area contributed by atoms with E-state index in [9.17, 15) is 10.2 Å².